The fraction of sp³-hybridized carbons (Fsp3) is 0.419. The van der Waals surface area contributed by atoms with Crippen LogP contribution in [0.25, 0.3) is 0 Å². The topological polar surface area (TPSA) is 71.1 Å². The molecule has 0 fully saturated rings. The fourth-order valence-electron chi connectivity index (χ4n) is 4.80. The summed E-state index contributed by atoms with van der Waals surface area (Å²) in [6.45, 7) is 16.7. The van der Waals surface area contributed by atoms with E-state index >= 15 is 0 Å². The molecule has 6 nitrogen and oxygen atoms in total. The van der Waals surface area contributed by atoms with Gasteiger partial charge in [-0.05, 0) is 73.1 Å². The highest BCUT2D eigenvalue weighted by Crippen LogP contribution is 2.33. The maximum Gasteiger partial charge on any atom is 0.389 e. The fourth-order valence-corrected chi connectivity index (χ4v) is 19.2. The SMILES string of the molecule is C.C=CC(=O)OCc1cccc(C[Si](C)(C)O[Si](C)(CCC(F)(F)F)O[Si](C)(C)Cc2cccc(COC(=O)C=C)c2)c1. The lowest BCUT2D eigenvalue weighted by molar-refractivity contribution is -0.139. The quantitative estimate of drug-likeness (QED) is 0.103. The number of carbonyl (C=O) groups excluding carboxylic acids is 2. The summed E-state index contributed by atoms with van der Waals surface area (Å²) in [4.78, 5) is 22.9. The highest BCUT2D eigenvalue weighted by molar-refractivity contribution is 6.88. The molecule has 0 radical (unpaired) electrons. The number of hydrogen-bond donors (Lipinski definition) is 0. The van der Waals surface area contributed by atoms with Gasteiger partial charge in [-0.15, -0.1) is 0 Å². The molecule has 0 aliphatic rings. The Labute approximate surface area is 257 Å². The van der Waals surface area contributed by atoms with E-state index in [1.807, 2.05) is 74.7 Å². The summed E-state index contributed by atoms with van der Waals surface area (Å²) in [5.41, 5.74) is 3.51. The van der Waals surface area contributed by atoms with E-state index in [1.54, 1.807) is 6.55 Å². The molecule has 0 unspecified atom stereocenters. The van der Waals surface area contributed by atoms with Crippen molar-refractivity contribution in [1.29, 1.82) is 0 Å². The second-order valence-electron chi connectivity index (χ2n) is 11.6. The first-order valence-corrected chi connectivity index (χ1v) is 22.4. The number of hydrogen-bond acceptors (Lipinski definition) is 6. The number of esters is 2. The highest BCUT2D eigenvalue weighted by atomic mass is 28.5. The Kier molecular flexibility index (Phi) is 14.5. The molecule has 0 spiro atoms. The van der Waals surface area contributed by atoms with E-state index in [0.717, 1.165) is 34.4 Å². The van der Waals surface area contributed by atoms with Gasteiger partial charge >= 0.3 is 26.7 Å². The number of rotatable bonds is 16. The van der Waals surface area contributed by atoms with Crippen LogP contribution in [-0.2, 0) is 52.6 Å². The summed E-state index contributed by atoms with van der Waals surface area (Å²) in [6.07, 6.45) is -3.10. The third-order valence-electron chi connectivity index (χ3n) is 6.18. The van der Waals surface area contributed by atoms with Gasteiger partial charge in [0.2, 0.25) is 0 Å². The number of carbonyl (C=O) groups is 2. The summed E-state index contributed by atoms with van der Waals surface area (Å²) >= 11 is 0. The lowest BCUT2D eigenvalue weighted by Gasteiger charge is -2.41. The minimum absolute atomic E-state index is 0. The van der Waals surface area contributed by atoms with Gasteiger partial charge in [-0.1, -0.05) is 69.1 Å². The number of ether oxygens (including phenoxy) is 2. The first-order valence-electron chi connectivity index (χ1n) is 13.6. The van der Waals surface area contributed by atoms with Crippen molar-refractivity contribution in [3.8, 4) is 0 Å². The van der Waals surface area contributed by atoms with Crippen molar-refractivity contribution in [2.75, 3.05) is 0 Å². The Morgan fingerprint density at radius 1 is 0.744 bits per heavy atom. The number of alkyl halides is 3. The van der Waals surface area contributed by atoms with Crippen molar-refractivity contribution in [3.63, 3.8) is 0 Å². The van der Waals surface area contributed by atoms with Gasteiger partial charge < -0.3 is 17.7 Å². The molecule has 0 amide bonds. The third kappa shape index (κ3) is 15.0. The Morgan fingerprint density at radius 3 is 1.47 bits per heavy atom. The van der Waals surface area contributed by atoms with E-state index in [4.69, 9.17) is 17.7 Å². The Hall–Kier alpha value is -2.78. The van der Waals surface area contributed by atoms with Crippen molar-refractivity contribution in [2.45, 2.75) is 84.1 Å². The zero-order valence-corrected chi connectivity index (χ0v) is 28.0. The monoisotopic (exact) mass is 654 g/mol. The van der Waals surface area contributed by atoms with Crippen molar-refractivity contribution in [1.82, 2.24) is 0 Å². The third-order valence-corrected chi connectivity index (χ3v) is 17.7. The first-order chi connectivity index (χ1) is 19.4. The van der Waals surface area contributed by atoms with Gasteiger partial charge in [0.05, 0.1) is 0 Å². The molecule has 2 rings (SSSR count). The van der Waals surface area contributed by atoms with Crippen molar-refractivity contribution in [2.24, 2.45) is 0 Å². The second kappa shape index (κ2) is 16.3. The average Bonchev–Trinajstić information content (AvgIpc) is 2.88. The van der Waals surface area contributed by atoms with Crippen LogP contribution in [0.2, 0.25) is 38.8 Å². The summed E-state index contributed by atoms with van der Waals surface area (Å²) in [5.74, 6) is -1.03. The average molecular weight is 655 g/mol. The molecule has 0 atom stereocenters. The maximum atomic E-state index is 13.4. The normalized spacial score (nSPS) is 12.2. The molecule has 0 N–H and O–H groups in total. The van der Waals surface area contributed by atoms with Crippen molar-refractivity contribution < 1.29 is 40.5 Å². The van der Waals surface area contributed by atoms with Crippen molar-refractivity contribution >= 4 is 37.1 Å². The molecule has 2 aromatic carbocycles. The minimum atomic E-state index is -4.33. The molecule has 0 bridgehead atoms. The van der Waals surface area contributed by atoms with Gasteiger partial charge in [0, 0.05) is 18.6 Å². The number of halogens is 3. The summed E-state index contributed by atoms with van der Waals surface area (Å²) in [5, 5.41) is 0. The molecular weight excluding hydrogens is 610 g/mol. The van der Waals surface area contributed by atoms with Crippen LogP contribution in [0.1, 0.15) is 36.1 Å². The summed E-state index contributed by atoms with van der Waals surface area (Å²) in [6, 6.07) is 16.0. The van der Waals surface area contributed by atoms with Gasteiger partial charge in [0.25, 0.3) is 0 Å². The van der Waals surface area contributed by atoms with Crippen LogP contribution in [0.5, 0.6) is 0 Å². The molecule has 0 saturated heterocycles. The minimum Gasteiger partial charge on any atom is -0.458 e. The van der Waals surface area contributed by atoms with Crippen LogP contribution in [0.3, 0.4) is 0 Å². The Morgan fingerprint density at radius 2 is 1.12 bits per heavy atom. The van der Waals surface area contributed by atoms with Crippen LogP contribution < -0.4 is 0 Å². The molecule has 0 aliphatic carbocycles. The molecule has 43 heavy (non-hydrogen) atoms. The van der Waals surface area contributed by atoms with Gasteiger partial charge in [-0.3, -0.25) is 0 Å². The van der Waals surface area contributed by atoms with Crippen LogP contribution in [-0.4, -0.2) is 43.3 Å². The van der Waals surface area contributed by atoms with Gasteiger partial charge in [0.1, 0.15) is 13.2 Å². The van der Waals surface area contributed by atoms with E-state index in [-0.39, 0.29) is 26.7 Å². The van der Waals surface area contributed by atoms with E-state index in [2.05, 4.69) is 13.2 Å². The van der Waals surface area contributed by atoms with Crippen LogP contribution >= 0.6 is 0 Å². The van der Waals surface area contributed by atoms with Crippen LogP contribution in [0, 0.1) is 0 Å². The molecule has 0 saturated carbocycles. The second-order valence-corrected chi connectivity index (χ2v) is 23.7. The van der Waals surface area contributed by atoms with E-state index < -0.39 is 49.7 Å². The largest absolute Gasteiger partial charge is 0.458 e. The molecule has 0 heterocycles. The van der Waals surface area contributed by atoms with E-state index in [9.17, 15) is 22.8 Å². The standard InChI is InChI=1S/C30H41F3O6Si3.CH4/c1-8-28(34)36-20-24-12-10-14-26(18-24)22-40(3,4)38-42(7,17-16-30(31,32)33)39-41(5,6)23-27-15-11-13-25(19-27)21-37-29(35)9-2;/h8-15,18-19H,1-2,16-17,20-23H2,3-7H3;1H4. The van der Waals surface area contributed by atoms with Crippen molar-refractivity contribution in [3.05, 3.63) is 96.1 Å². The molecule has 238 valence electrons. The van der Waals surface area contributed by atoms with E-state index in [0.29, 0.717) is 12.1 Å². The lowest BCUT2D eigenvalue weighted by Crippen LogP contribution is -2.56. The zero-order chi connectivity index (χ0) is 31.6. The first kappa shape index (κ1) is 38.2. The van der Waals surface area contributed by atoms with E-state index in [1.165, 1.54) is 0 Å². The Bertz CT molecular complexity index is 1160. The molecule has 2 aromatic rings. The molecule has 0 aromatic heterocycles. The zero-order valence-electron chi connectivity index (χ0n) is 25.0. The summed E-state index contributed by atoms with van der Waals surface area (Å²) in [7, 11) is -8.42. The molecular formula is C31H45F3O6Si3. The molecule has 0 aliphatic heterocycles. The Balaban J connectivity index is 0.00000924. The van der Waals surface area contributed by atoms with Gasteiger partial charge in [-0.2, -0.15) is 13.2 Å². The maximum absolute atomic E-state index is 13.4. The highest BCUT2D eigenvalue weighted by Gasteiger charge is 2.45. The van der Waals surface area contributed by atoms with Crippen LogP contribution in [0.15, 0.2) is 73.8 Å². The predicted molar refractivity (Wildman–Crippen MR) is 171 cm³/mol. The predicted octanol–water partition coefficient (Wildman–Crippen LogP) is 8.11. The number of benzene rings is 2. The lowest BCUT2D eigenvalue weighted by atomic mass is 10.1. The smallest absolute Gasteiger partial charge is 0.389 e. The van der Waals surface area contributed by atoms with Gasteiger partial charge in [0.15, 0.2) is 16.6 Å². The molecule has 12 heteroatoms. The summed E-state index contributed by atoms with van der Waals surface area (Å²) < 4.78 is 63.8. The van der Waals surface area contributed by atoms with Gasteiger partial charge in [-0.25, -0.2) is 9.59 Å². The van der Waals surface area contributed by atoms with Crippen LogP contribution in [0.4, 0.5) is 13.2 Å².